The second-order valence-corrected chi connectivity index (χ2v) is 4.43. The fourth-order valence-electron chi connectivity index (χ4n) is 1.33. The van der Waals surface area contributed by atoms with Crippen molar-refractivity contribution in [1.29, 1.82) is 0 Å². The van der Waals surface area contributed by atoms with Gasteiger partial charge in [-0.25, -0.2) is 4.98 Å². The van der Waals surface area contributed by atoms with Crippen LogP contribution in [0.4, 0.5) is 5.69 Å². The summed E-state index contributed by atoms with van der Waals surface area (Å²) in [6.07, 6.45) is 1.68. The van der Waals surface area contributed by atoms with Gasteiger partial charge in [-0.05, 0) is 36.8 Å². The third-order valence-electron chi connectivity index (χ3n) is 2.12. The van der Waals surface area contributed by atoms with Gasteiger partial charge in [0, 0.05) is 11.2 Å². The van der Waals surface area contributed by atoms with Crippen molar-refractivity contribution in [2.75, 3.05) is 5.73 Å². The quantitative estimate of drug-likeness (QED) is 0.893. The molecule has 0 radical (unpaired) electrons. The number of hydrogen-bond acceptors (Lipinski definition) is 3. The molecule has 0 spiro atoms. The molecule has 2 N–H and O–H groups in total. The highest BCUT2D eigenvalue weighted by atomic mass is 35.5. The lowest BCUT2D eigenvalue weighted by molar-refractivity contribution is 0.465. The van der Waals surface area contributed by atoms with Crippen LogP contribution in [-0.4, -0.2) is 4.98 Å². The number of ether oxygens (including phenoxy) is 1. The topological polar surface area (TPSA) is 48.1 Å². The first kappa shape index (κ1) is 12.0. The van der Waals surface area contributed by atoms with Crippen molar-refractivity contribution < 1.29 is 4.74 Å². The van der Waals surface area contributed by atoms with Gasteiger partial charge in [0.05, 0.1) is 10.7 Å². The van der Waals surface area contributed by atoms with Crippen LogP contribution in [0.1, 0.15) is 5.56 Å². The maximum atomic E-state index is 5.98. The van der Waals surface area contributed by atoms with E-state index in [4.69, 9.17) is 33.7 Å². The number of halogens is 2. The summed E-state index contributed by atoms with van der Waals surface area (Å²) in [4.78, 5) is 4.10. The first-order chi connectivity index (χ1) is 8.06. The highest BCUT2D eigenvalue weighted by molar-refractivity contribution is 6.35. The molecule has 0 atom stereocenters. The lowest BCUT2D eigenvalue weighted by Gasteiger charge is -2.09. The summed E-state index contributed by atoms with van der Waals surface area (Å²) in [6, 6.07) is 6.74. The Bertz CT molecular complexity index is 509. The average Bonchev–Trinajstić information content (AvgIpc) is 2.25. The van der Waals surface area contributed by atoms with Gasteiger partial charge in [0.2, 0.25) is 5.88 Å². The van der Waals surface area contributed by atoms with E-state index >= 15 is 0 Å². The summed E-state index contributed by atoms with van der Waals surface area (Å²) in [5.41, 5.74) is 7.23. The number of benzene rings is 1. The van der Waals surface area contributed by atoms with Gasteiger partial charge in [-0.2, -0.15) is 0 Å². The number of pyridine rings is 1. The van der Waals surface area contributed by atoms with Crippen LogP contribution in [0.2, 0.25) is 10.0 Å². The van der Waals surface area contributed by atoms with E-state index in [1.807, 2.05) is 6.92 Å². The number of nitrogens with zero attached hydrogens (tertiary/aromatic N) is 1. The van der Waals surface area contributed by atoms with Crippen molar-refractivity contribution in [1.82, 2.24) is 4.98 Å². The third kappa shape index (κ3) is 2.81. The van der Waals surface area contributed by atoms with E-state index in [0.717, 1.165) is 5.56 Å². The lowest BCUT2D eigenvalue weighted by Crippen LogP contribution is -1.96. The van der Waals surface area contributed by atoms with Gasteiger partial charge < -0.3 is 10.5 Å². The third-order valence-corrected chi connectivity index (χ3v) is 2.65. The van der Waals surface area contributed by atoms with Gasteiger partial charge in [-0.1, -0.05) is 23.2 Å². The summed E-state index contributed by atoms with van der Waals surface area (Å²) in [5, 5.41) is 0.964. The zero-order valence-electron chi connectivity index (χ0n) is 9.08. The first-order valence-corrected chi connectivity index (χ1v) is 5.67. The Morgan fingerprint density at radius 2 is 2.00 bits per heavy atom. The summed E-state index contributed by atoms with van der Waals surface area (Å²) in [5.74, 6) is 0.805. The first-order valence-electron chi connectivity index (χ1n) is 4.91. The minimum atomic E-state index is 0.333. The van der Waals surface area contributed by atoms with E-state index in [2.05, 4.69) is 4.98 Å². The highest BCUT2D eigenvalue weighted by Gasteiger charge is 2.07. The van der Waals surface area contributed by atoms with E-state index in [0.29, 0.717) is 27.4 Å². The van der Waals surface area contributed by atoms with E-state index in [9.17, 15) is 0 Å². The number of nitrogen functional groups attached to an aromatic ring is 1. The normalized spacial score (nSPS) is 10.3. The summed E-state index contributed by atoms with van der Waals surface area (Å²) >= 11 is 11.8. The van der Waals surface area contributed by atoms with Gasteiger partial charge >= 0.3 is 0 Å². The molecule has 2 rings (SSSR count). The van der Waals surface area contributed by atoms with Crippen LogP contribution in [0.5, 0.6) is 11.6 Å². The molecule has 1 heterocycles. The zero-order valence-corrected chi connectivity index (χ0v) is 10.6. The molecule has 0 aliphatic heterocycles. The number of hydrogen-bond donors (Lipinski definition) is 1. The molecule has 5 heteroatoms. The van der Waals surface area contributed by atoms with Crippen LogP contribution in [-0.2, 0) is 0 Å². The van der Waals surface area contributed by atoms with Gasteiger partial charge in [0.25, 0.3) is 0 Å². The maximum absolute atomic E-state index is 5.98. The molecular weight excluding hydrogens is 259 g/mol. The van der Waals surface area contributed by atoms with Crippen molar-refractivity contribution in [3.8, 4) is 11.6 Å². The molecule has 0 amide bonds. The van der Waals surface area contributed by atoms with Gasteiger partial charge in [-0.15, -0.1) is 0 Å². The van der Waals surface area contributed by atoms with Crippen LogP contribution in [0, 0.1) is 6.92 Å². The molecular formula is C12H10Cl2N2O. The van der Waals surface area contributed by atoms with Crippen molar-refractivity contribution in [3.05, 3.63) is 46.1 Å². The Balaban J connectivity index is 2.31. The van der Waals surface area contributed by atoms with Crippen LogP contribution < -0.4 is 10.5 Å². The van der Waals surface area contributed by atoms with Gasteiger partial charge in [0.15, 0.2) is 0 Å². The molecule has 0 fully saturated rings. The second-order valence-electron chi connectivity index (χ2n) is 3.58. The Hall–Kier alpha value is -1.45. The number of rotatable bonds is 2. The molecule has 1 aromatic carbocycles. The minimum absolute atomic E-state index is 0.333. The molecule has 0 unspecified atom stereocenters. The standard InChI is InChI=1S/C12H10Cl2N2O/c1-7-4-10(15)12(16-6-7)17-11-3-2-8(13)5-9(11)14/h2-6H,15H2,1H3. The van der Waals surface area contributed by atoms with Crippen LogP contribution in [0.3, 0.4) is 0 Å². The Morgan fingerprint density at radius 3 is 2.65 bits per heavy atom. The number of aromatic nitrogens is 1. The fourth-order valence-corrected chi connectivity index (χ4v) is 1.77. The Kier molecular flexibility index (Phi) is 3.41. The molecule has 17 heavy (non-hydrogen) atoms. The van der Waals surface area contributed by atoms with E-state index in [1.54, 1.807) is 30.5 Å². The second kappa shape index (κ2) is 4.82. The van der Waals surface area contributed by atoms with Gasteiger partial charge in [0.1, 0.15) is 5.75 Å². The molecule has 0 aliphatic rings. The molecule has 0 saturated carbocycles. The minimum Gasteiger partial charge on any atom is -0.436 e. The van der Waals surface area contributed by atoms with Crippen molar-refractivity contribution in [3.63, 3.8) is 0 Å². The van der Waals surface area contributed by atoms with Crippen LogP contribution in [0.15, 0.2) is 30.5 Å². The molecule has 1 aromatic heterocycles. The summed E-state index contributed by atoms with van der Waals surface area (Å²) < 4.78 is 5.52. The maximum Gasteiger partial charge on any atom is 0.242 e. The number of anilines is 1. The van der Waals surface area contributed by atoms with Crippen LogP contribution in [0.25, 0.3) is 0 Å². The predicted octanol–water partition coefficient (Wildman–Crippen LogP) is 4.07. The predicted molar refractivity (Wildman–Crippen MR) is 69.9 cm³/mol. The van der Waals surface area contributed by atoms with Crippen molar-refractivity contribution in [2.45, 2.75) is 6.92 Å². The zero-order chi connectivity index (χ0) is 12.4. The summed E-state index contributed by atoms with van der Waals surface area (Å²) in [6.45, 7) is 1.91. The molecule has 2 aromatic rings. The number of nitrogens with two attached hydrogens (primary N) is 1. The average molecular weight is 269 g/mol. The Morgan fingerprint density at radius 1 is 1.24 bits per heavy atom. The monoisotopic (exact) mass is 268 g/mol. The smallest absolute Gasteiger partial charge is 0.242 e. The lowest BCUT2D eigenvalue weighted by atomic mass is 10.3. The van der Waals surface area contributed by atoms with Crippen LogP contribution >= 0.6 is 23.2 Å². The van der Waals surface area contributed by atoms with E-state index in [1.165, 1.54) is 0 Å². The Labute approximate surface area is 109 Å². The molecule has 0 bridgehead atoms. The fraction of sp³-hybridized carbons (Fsp3) is 0.0833. The van der Waals surface area contributed by atoms with Gasteiger partial charge in [-0.3, -0.25) is 0 Å². The highest BCUT2D eigenvalue weighted by Crippen LogP contribution is 2.32. The molecule has 0 aliphatic carbocycles. The molecule has 0 saturated heterocycles. The van der Waals surface area contributed by atoms with Crippen molar-refractivity contribution >= 4 is 28.9 Å². The molecule has 88 valence electrons. The van der Waals surface area contributed by atoms with E-state index in [-0.39, 0.29) is 0 Å². The number of aryl methyl sites for hydroxylation is 1. The molecule has 3 nitrogen and oxygen atoms in total. The SMILES string of the molecule is Cc1cnc(Oc2ccc(Cl)cc2Cl)c(N)c1. The largest absolute Gasteiger partial charge is 0.436 e. The van der Waals surface area contributed by atoms with E-state index < -0.39 is 0 Å². The summed E-state index contributed by atoms with van der Waals surface area (Å²) in [7, 11) is 0. The van der Waals surface area contributed by atoms with Crippen molar-refractivity contribution in [2.24, 2.45) is 0 Å².